The van der Waals surface area contributed by atoms with Crippen LogP contribution in [0.3, 0.4) is 0 Å². The quantitative estimate of drug-likeness (QED) is 0.820. The molecule has 1 aromatic carbocycles. The van der Waals surface area contributed by atoms with E-state index in [0.29, 0.717) is 31.2 Å². The van der Waals surface area contributed by atoms with Gasteiger partial charge in [0.25, 0.3) is 5.91 Å². The van der Waals surface area contributed by atoms with Crippen molar-refractivity contribution in [2.24, 2.45) is 0 Å². The van der Waals surface area contributed by atoms with Gasteiger partial charge < -0.3 is 9.80 Å². The largest absolute Gasteiger partial charge is 0.353 e. The van der Waals surface area contributed by atoms with Crippen molar-refractivity contribution >= 4 is 23.3 Å². The fourth-order valence-corrected chi connectivity index (χ4v) is 3.14. The van der Waals surface area contributed by atoms with E-state index in [2.05, 4.69) is 28.7 Å². The second kappa shape index (κ2) is 7.58. The van der Waals surface area contributed by atoms with E-state index in [-0.39, 0.29) is 17.4 Å². The van der Waals surface area contributed by atoms with Gasteiger partial charge >= 0.3 is 0 Å². The van der Waals surface area contributed by atoms with Gasteiger partial charge in [0.05, 0.1) is 5.56 Å². The van der Waals surface area contributed by atoms with E-state index in [9.17, 15) is 9.18 Å². The van der Waals surface area contributed by atoms with E-state index < -0.39 is 5.82 Å². The Morgan fingerprint density at radius 1 is 1.15 bits per heavy atom. The number of hydrogen-bond acceptors (Lipinski definition) is 4. The molecule has 1 fully saturated rings. The second-order valence-corrected chi connectivity index (χ2v) is 7.22. The molecule has 0 unspecified atom stereocenters. The van der Waals surface area contributed by atoms with Crippen molar-refractivity contribution in [2.75, 3.05) is 31.1 Å². The van der Waals surface area contributed by atoms with Crippen molar-refractivity contribution in [1.29, 1.82) is 0 Å². The molecule has 1 amide bonds. The van der Waals surface area contributed by atoms with Crippen LogP contribution >= 0.6 is 11.6 Å². The highest BCUT2D eigenvalue weighted by atomic mass is 35.5. The summed E-state index contributed by atoms with van der Waals surface area (Å²) in [4.78, 5) is 25.5. The zero-order valence-electron chi connectivity index (χ0n) is 15.2. The second-order valence-electron chi connectivity index (χ2n) is 6.78. The van der Waals surface area contributed by atoms with Crippen LogP contribution in [0.5, 0.6) is 0 Å². The van der Waals surface area contributed by atoms with Crippen molar-refractivity contribution in [2.45, 2.75) is 26.7 Å². The topological polar surface area (TPSA) is 49.3 Å². The summed E-state index contributed by atoms with van der Waals surface area (Å²) < 4.78 is 13.9. The van der Waals surface area contributed by atoms with Gasteiger partial charge in [-0.3, -0.25) is 4.79 Å². The Morgan fingerprint density at radius 3 is 2.50 bits per heavy atom. The maximum Gasteiger partial charge on any atom is 0.257 e. The molecular weight excluding hydrogens is 355 g/mol. The number of hydrogen-bond donors (Lipinski definition) is 0. The Labute approximate surface area is 157 Å². The lowest BCUT2D eigenvalue weighted by Gasteiger charge is -2.35. The first kappa shape index (κ1) is 18.6. The van der Waals surface area contributed by atoms with Gasteiger partial charge in [-0.05, 0) is 25.1 Å². The third-order valence-electron chi connectivity index (χ3n) is 4.42. The molecule has 1 aliphatic heterocycles. The van der Waals surface area contributed by atoms with E-state index >= 15 is 0 Å². The van der Waals surface area contributed by atoms with Gasteiger partial charge in [0.15, 0.2) is 0 Å². The van der Waals surface area contributed by atoms with Crippen LogP contribution in [-0.2, 0) is 0 Å². The van der Waals surface area contributed by atoms with Gasteiger partial charge in [-0.1, -0.05) is 25.4 Å². The molecule has 3 rings (SSSR count). The minimum absolute atomic E-state index is 0.0194. The van der Waals surface area contributed by atoms with Gasteiger partial charge in [0, 0.05) is 48.9 Å². The third-order valence-corrected chi connectivity index (χ3v) is 4.66. The molecule has 1 aromatic heterocycles. The fraction of sp³-hybridized carbons (Fsp3) is 0.421. The predicted molar refractivity (Wildman–Crippen MR) is 100 cm³/mol. The first-order valence-corrected chi connectivity index (χ1v) is 9.08. The molecular formula is C19H22ClFN4O. The molecule has 1 saturated heterocycles. The lowest BCUT2D eigenvalue weighted by atomic mass is 10.1. The fourth-order valence-electron chi connectivity index (χ4n) is 2.97. The monoisotopic (exact) mass is 376 g/mol. The molecule has 1 aliphatic rings. The Bertz CT molecular complexity index is 819. The SMILES string of the molecule is Cc1cc(N2CCN(C(=O)c3cc(Cl)ccc3F)CC2)nc(C(C)C)n1. The molecule has 0 N–H and O–H groups in total. The number of amides is 1. The van der Waals surface area contributed by atoms with Gasteiger partial charge in [-0.25, -0.2) is 14.4 Å². The van der Waals surface area contributed by atoms with Crippen LogP contribution in [-0.4, -0.2) is 47.0 Å². The molecule has 0 spiro atoms. The summed E-state index contributed by atoms with van der Waals surface area (Å²) in [5.41, 5.74) is 0.948. The molecule has 0 bridgehead atoms. The van der Waals surface area contributed by atoms with E-state index in [0.717, 1.165) is 17.3 Å². The summed E-state index contributed by atoms with van der Waals surface area (Å²) in [6.45, 7) is 8.38. The minimum Gasteiger partial charge on any atom is -0.353 e. The van der Waals surface area contributed by atoms with Gasteiger partial charge in [0.1, 0.15) is 17.5 Å². The minimum atomic E-state index is -0.546. The third kappa shape index (κ3) is 3.96. The summed E-state index contributed by atoms with van der Waals surface area (Å²) in [5, 5.41) is 0.353. The Kier molecular flexibility index (Phi) is 5.41. The number of aromatic nitrogens is 2. The van der Waals surface area contributed by atoms with Crippen molar-refractivity contribution in [1.82, 2.24) is 14.9 Å². The van der Waals surface area contributed by atoms with Crippen molar-refractivity contribution < 1.29 is 9.18 Å². The van der Waals surface area contributed by atoms with Crippen LogP contribution < -0.4 is 4.90 Å². The molecule has 2 heterocycles. The Hall–Kier alpha value is -2.21. The van der Waals surface area contributed by atoms with Crippen molar-refractivity contribution in [3.05, 3.63) is 52.2 Å². The van der Waals surface area contributed by atoms with Crippen LogP contribution in [0.25, 0.3) is 0 Å². The van der Waals surface area contributed by atoms with Crippen molar-refractivity contribution in [3.63, 3.8) is 0 Å². The number of benzene rings is 1. The maximum atomic E-state index is 13.9. The first-order chi connectivity index (χ1) is 12.3. The van der Waals surface area contributed by atoms with Crippen LogP contribution in [0.2, 0.25) is 5.02 Å². The number of carbonyl (C=O) groups is 1. The zero-order chi connectivity index (χ0) is 18.8. The molecule has 7 heteroatoms. The summed E-state index contributed by atoms with van der Waals surface area (Å²) in [6.07, 6.45) is 0. The highest BCUT2D eigenvalue weighted by Gasteiger charge is 2.25. The Morgan fingerprint density at radius 2 is 1.85 bits per heavy atom. The molecule has 0 aliphatic carbocycles. The highest BCUT2D eigenvalue weighted by Crippen LogP contribution is 2.21. The van der Waals surface area contributed by atoms with E-state index in [1.54, 1.807) is 4.90 Å². The summed E-state index contributed by atoms with van der Waals surface area (Å²) in [6, 6.07) is 6.01. The van der Waals surface area contributed by atoms with Gasteiger partial charge in [0.2, 0.25) is 0 Å². The van der Waals surface area contributed by atoms with Crippen LogP contribution in [0, 0.1) is 12.7 Å². The molecule has 0 radical (unpaired) electrons. The van der Waals surface area contributed by atoms with E-state index in [4.69, 9.17) is 11.6 Å². The molecule has 138 valence electrons. The van der Waals surface area contributed by atoms with Crippen LogP contribution in [0.4, 0.5) is 10.2 Å². The van der Waals surface area contributed by atoms with E-state index in [1.807, 2.05) is 13.0 Å². The summed E-state index contributed by atoms with van der Waals surface area (Å²) >= 11 is 5.90. The standard InChI is InChI=1S/C19H22ClFN4O/c1-12(2)18-22-13(3)10-17(23-18)24-6-8-25(9-7-24)19(26)15-11-14(20)4-5-16(15)21/h4-5,10-12H,6-9H2,1-3H3. The average molecular weight is 377 g/mol. The lowest BCUT2D eigenvalue weighted by Crippen LogP contribution is -2.49. The van der Waals surface area contributed by atoms with Gasteiger partial charge in [-0.2, -0.15) is 0 Å². The normalized spacial score (nSPS) is 14.8. The maximum absolute atomic E-state index is 13.9. The number of rotatable bonds is 3. The molecule has 0 atom stereocenters. The number of carbonyl (C=O) groups excluding carboxylic acids is 1. The van der Waals surface area contributed by atoms with Gasteiger partial charge in [-0.15, -0.1) is 0 Å². The molecule has 2 aromatic rings. The van der Waals surface area contributed by atoms with Crippen LogP contribution in [0.15, 0.2) is 24.3 Å². The number of nitrogens with zero attached hydrogens (tertiary/aromatic N) is 4. The predicted octanol–water partition coefficient (Wildman–Crippen LogP) is 3.66. The highest BCUT2D eigenvalue weighted by molar-refractivity contribution is 6.31. The molecule has 5 nitrogen and oxygen atoms in total. The first-order valence-electron chi connectivity index (χ1n) is 8.70. The summed E-state index contributed by atoms with van der Waals surface area (Å²) in [7, 11) is 0. The molecule has 26 heavy (non-hydrogen) atoms. The average Bonchev–Trinajstić information content (AvgIpc) is 2.62. The zero-order valence-corrected chi connectivity index (χ0v) is 15.9. The van der Waals surface area contributed by atoms with Crippen molar-refractivity contribution in [3.8, 4) is 0 Å². The molecule has 0 saturated carbocycles. The number of piperazine rings is 1. The lowest BCUT2D eigenvalue weighted by molar-refractivity contribution is 0.0741. The Balaban J connectivity index is 1.71. The number of halogens is 2. The van der Waals surface area contributed by atoms with Crippen LogP contribution in [0.1, 0.15) is 41.6 Å². The number of anilines is 1. The smallest absolute Gasteiger partial charge is 0.257 e. The number of aryl methyl sites for hydroxylation is 1. The van der Waals surface area contributed by atoms with E-state index in [1.165, 1.54) is 18.2 Å². The summed E-state index contributed by atoms with van der Waals surface area (Å²) in [5.74, 6) is 1.07.